The van der Waals surface area contributed by atoms with E-state index in [4.69, 9.17) is 11.6 Å². The van der Waals surface area contributed by atoms with Crippen molar-refractivity contribution >= 4 is 21.8 Å². The van der Waals surface area contributed by atoms with Crippen LogP contribution in [0, 0.1) is 0 Å². The average molecular weight is 305 g/mol. The zero-order valence-corrected chi connectivity index (χ0v) is 11.8. The smallest absolute Gasteiger partial charge is 0.209 e. The molecule has 1 saturated heterocycles. The van der Waals surface area contributed by atoms with Crippen molar-refractivity contribution in [3.8, 4) is 0 Å². The van der Waals surface area contributed by atoms with E-state index in [-0.39, 0.29) is 12.4 Å². The summed E-state index contributed by atoms with van der Waals surface area (Å²) >= 11 is 5.49. The zero-order chi connectivity index (χ0) is 13.6. The standard InChI is InChI=1S/C10H19ClF2N2O2S/c11-5-8-15(9-10(12)13)18(16,17)14-6-3-1-2-4-7-14/h10H,1-9H2. The Morgan fingerprint density at radius 3 is 2.17 bits per heavy atom. The first-order valence-electron chi connectivity index (χ1n) is 6.08. The van der Waals surface area contributed by atoms with Gasteiger partial charge in [-0.1, -0.05) is 12.8 Å². The van der Waals surface area contributed by atoms with E-state index in [0.29, 0.717) is 13.1 Å². The van der Waals surface area contributed by atoms with Gasteiger partial charge in [0.25, 0.3) is 16.6 Å². The Morgan fingerprint density at radius 1 is 1.17 bits per heavy atom. The molecule has 0 spiro atoms. The highest BCUT2D eigenvalue weighted by atomic mass is 35.5. The lowest BCUT2D eigenvalue weighted by atomic mass is 10.2. The van der Waals surface area contributed by atoms with Gasteiger partial charge in [0.05, 0.1) is 6.54 Å². The number of alkyl halides is 3. The topological polar surface area (TPSA) is 40.6 Å². The van der Waals surface area contributed by atoms with Gasteiger partial charge in [0.2, 0.25) is 0 Å². The zero-order valence-electron chi connectivity index (χ0n) is 10.2. The van der Waals surface area contributed by atoms with E-state index in [1.54, 1.807) is 0 Å². The van der Waals surface area contributed by atoms with E-state index in [9.17, 15) is 17.2 Å². The van der Waals surface area contributed by atoms with Crippen LogP contribution in [0.5, 0.6) is 0 Å². The van der Waals surface area contributed by atoms with Crippen molar-refractivity contribution in [3.63, 3.8) is 0 Å². The van der Waals surface area contributed by atoms with E-state index in [2.05, 4.69) is 0 Å². The van der Waals surface area contributed by atoms with Gasteiger partial charge < -0.3 is 0 Å². The molecule has 8 heteroatoms. The molecular weight excluding hydrogens is 286 g/mol. The molecule has 0 N–H and O–H groups in total. The van der Waals surface area contributed by atoms with E-state index in [0.717, 1.165) is 30.0 Å². The van der Waals surface area contributed by atoms with Crippen LogP contribution in [-0.2, 0) is 10.2 Å². The molecule has 0 aromatic heterocycles. The largest absolute Gasteiger partial charge is 0.282 e. The van der Waals surface area contributed by atoms with Crippen molar-refractivity contribution in [1.29, 1.82) is 0 Å². The van der Waals surface area contributed by atoms with Crippen LogP contribution in [0.1, 0.15) is 25.7 Å². The summed E-state index contributed by atoms with van der Waals surface area (Å²) in [4.78, 5) is 0. The summed E-state index contributed by atoms with van der Waals surface area (Å²) in [5.74, 6) is 0.0137. The highest BCUT2D eigenvalue weighted by molar-refractivity contribution is 7.86. The molecule has 0 aliphatic carbocycles. The van der Waals surface area contributed by atoms with Crippen LogP contribution in [0.3, 0.4) is 0 Å². The molecule has 4 nitrogen and oxygen atoms in total. The monoisotopic (exact) mass is 304 g/mol. The summed E-state index contributed by atoms with van der Waals surface area (Å²) in [5.41, 5.74) is 0. The molecule has 18 heavy (non-hydrogen) atoms. The molecule has 1 heterocycles. The van der Waals surface area contributed by atoms with Gasteiger partial charge in [-0.05, 0) is 12.8 Å². The molecule has 0 radical (unpaired) electrons. The number of halogens is 3. The quantitative estimate of drug-likeness (QED) is 0.703. The molecule has 0 bridgehead atoms. The van der Waals surface area contributed by atoms with Crippen LogP contribution in [0.15, 0.2) is 0 Å². The lowest BCUT2D eigenvalue weighted by molar-refractivity contribution is 0.118. The van der Waals surface area contributed by atoms with Crippen LogP contribution in [-0.4, -0.2) is 55.5 Å². The number of rotatable bonds is 6. The fourth-order valence-electron chi connectivity index (χ4n) is 1.98. The van der Waals surface area contributed by atoms with Crippen molar-refractivity contribution in [1.82, 2.24) is 8.61 Å². The Labute approximate surface area is 112 Å². The molecule has 0 amide bonds. The van der Waals surface area contributed by atoms with Crippen molar-refractivity contribution in [2.24, 2.45) is 0 Å². The van der Waals surface area contributed by atoms with Gasteiger partial charge in [0, 0.05) is 25.5 Å². The Morgan fingerprint density at radius 2 is 1.72 bits per heavy atom. The van der Waals surface area contributed by atoms with Gasteiger partial charge in [0.15, 0.2) is 0 Å². The molecule has 1 rings (SSSR count). The minimum Gasteiger partial charge on any atom is -0.209 e. The van der Waals surface area contributed by atoms with Gasteiger partial charge in [-0.3, -0.25) is 0 Å². The van der Waals surface area contributed by atoms with Crippen LogP contribution < -0.4 is 0 Å². The van der Waals surface area contributed by atoms with Crippen molar-refractivity contribution in [3.05, 3.63) is 0 Å². The maximum absolute atomic E-state index is 12.4. The maximum Gasteiger partial charge on any atom is 0.282 e. The SMILES string of the molecule is O=S(=O)(N1CCCCCC1)N(CCCl)CC(F)F. The molecule has 0 unspecified atom stereocenters. The second-order valence-electron chi connectivity index (χ2n) is 4.26. The van der Waals surface area contributed by atoms with Crippen LogP contribution >= 0.6 is 11.6 Å². The summed E-state index contributed by atoms with van der Waals surface area (Å²) in [6.07, 6.45) is 0.841. The molecule has 0 atom stereocenters. The Kier molecular flexibility index (Phi) is 6.76. The predicted octanol–water partition coefficient (Wildman–Crippen LogP) is 1.91. The number of hydrogen-bond donors (Lipinski definition) is 0. The third kappa shape index (κ3) is 4.60. The minimum absolute atomic E-state index is 0.0137. The molecule has 1 fully saturated rings. The van der Waals surface area contributed by atoms with Gasteiger partial charge >= 0.3 is 0 Å². The van der Waals surface area contributed by atoms with E-state index >= 15 is 0 Å². The summed E-state index contributed by atoms with van der Waals surface area (Å²) < 4.78 is 51.4. The first-order chi connectivity index (χ1) is 8.48. The summed E-state index contributed by atoms with van der Waals surface area (Å²) in [7, 11) is -3.80. The number of hydrogen-bond acceptors (Lipinski definition) is 2. The molecule has 0 aromatic carbocycles. The van der Waals surface area contributed by atoms with Crippen molar-refractivity contribution < 1.29 is 17.2 Å². The van der Waals surface area contributed by atoms with Crippen LogP contribution in [0.4, 0.5) is 8.78 Å². The Bertz CT molecular complexity index is 333. The first kappa shape index (κ1) is 16.1. The molecule has 1 aliphatic heterocycles. The van der Waals surface area contributed by atoms with Gasteiger partial charge in [-0.2, -0.15) is 17.0 Å². The molecule has 108 valence electrons. The number of nitrogens with zero attached hydrogens (tertiary/aromatic N) is 2. The second kappa shape index (κ2) is 7.57. The summed E-state index contributed by atoms with van der Waals surface area (Å²) in [5, 5.41) is 0. The second-order valence-corrected chi connectivity index (χ2v) is 6.57. The Balaban J connectivity index is 2.78. The molecule has 1 aliphatic rings. The first-order valence-corrected chi connectivity index (χ1v) is 8.01. The lowest BCUT2D eigenvalue weighted by Crippen LogP contribution is -2.46. The predicted molar refractivity (Wildman–Crippen MR) is 67.3 cm³/mol. The third-order valence-corrected chi connectivity index (χ3v) is 5.06. The highest BCUT2D eigenvalue weighted by Gasteiger charge is 2.31. The van der Waals surface area contributed by atoms with E-state index in [1.165, 1.54) is 4.31 Å². The van der Waals surface area contributed by atoms with Crippen LogP contribution in [0.2, 0.25) is 0 Å². The fraction of sp³-hybridized carbons (Fsp3) is 1.00. The lowest BCUT2D eigenvalue weighted by Gasteiger charge is -2.28. The summed E-state index contributed by atoms with van der Waals surface area (Å²) in [6.45, 7) is -0.0506. The average Bonchev–Trinajstić information content (AvgIpc) is 2.56. The maximum atomic E-state index is 12.4. The third-order valence-electron chi connectivity index (χ3n) is 2.89. The van der Waals surface area contributed by atoms with Gasteiger partial charge in [0.1, 0.15) is 0 Å². The van der Waals surface area contributed by atoms with Gasteiger partial charge in [-0.25, -0.2) is 8.78 Å². The fourth-order valence-corrected chi connectivity index (χ4v) is 3.96. The van der Waals surface area contributed by atoms with Crippen molar-refractivity contribution in [2.75, 3.05) is 32.1 Å². The van der Waals surface area contributed by atoms with Gasteiger partial charge in [-0.15, -0.1) is 11.6 Å². The molecular formula is C10H19ClF2N2O2S. The minimum atomic E-state index is -3.80. The highest BCUT2D eigenvalue weighted by Crippen LogP contribution is 2.17. The molecule has 0 aromatic rings. The normalized spacial score (nSPS) is 19.4. The van der Waals surface area contributed by atoms with Crippen molar-refractivity contribution in [2.45, 2.75) is 32.1 Å². The van der Waals surface area contributed by atoms with E-state index in [1.807, 2.05) is 0 Å². The Hall–Kier alpha value is 0.0200. The molecule has 0 saturated carbocycles. The van der Waals surface area contributed by atoms with Crippen LogP contribution in [0.25, 0.3) is 0 Å². The summed E-state index contributed by atoms with van der Waals surface area (Å²) in [6, 6.07) is 0. The van der Waals surface area contributed by atoms with E-state index < -0.39 is 23.2 Å².